The first kappa shape index (κ1) is 25.8. The first-order valence-electron chi connectivity index (χ1n) is 11.5. The van der Waals surface area contributed by atoms with Crippen molar-refractivity contribution in [1.29, 1.82) is 0 Å². The van der Waals surface area contributed by atoms with Crippen LogP contribution in [0.25, 0.3) is 5.69 Å². The second-order valence-corrected chi connectivity index (χ2v) is 8.41. The normalized spacial score (nSPS) is 12.5. The van der Waals surface area contributed by atoms with E-state index in [1.54, 1.807) is 30.0 Å². The van der Waals surface area contributed by atoms with Gasteiger partial charge in [0.1, 0.15) is 0 Å². The minimum atomic E-state index is -0.667. The van der Waals surface area contributed by atoms with Gasteiger partial charge in [-0.05, 0) is 45.0 Å². The molecule has 1 heterocycles. The van der Waals surface area contributed by atoms with Crippen LogP contribution >= 0.6 is 0 Å². The molecule has 0 saturated heterocycles. The van der Waals surface area contributed by atoms with Crippen molar-refractivity contribution in [3.63, 3.8) is 0 Å². The first-order valence-corrected chi connectivity index (χ1v) is 11.5. The number of para-hydroxylation sites is 2. The Morgan fingerprint density at radius 3 is 2.47 bits per heavy atom. The molecule has 0 amide bonds. The molecular weight excluding hydrogens is 437 g/mol. The molecule has 3 rings (SSSR count). The van der Waals surface area contributed by atoms with E-state index < -0.39 is 11.9 Å². The standard InChI is InChI=1S/C26H34FN3O4/c1-19(2)33-18-22(31)16-29(14-15-32-4)17-23-20(3)28-30(21-10-6-5-7-11-21)26(23)34-25-13-9-8-12-24(25)27/h5-13,19,22,31H,14-18H2,1-4H3. The third-order valence-corrected chi connectivity index (χ3v) is 5.27. The summed E-state index contributed by atoms with van der Waals surface area (Å²) in [5, 5.41) is 15.2. The lowest BCUT2D eigenvalue weighted by atomic mass is 10.2. The highest BCUT2D eigenvalue weighted by Gasteiger charge is 2.23. The lowest BCUT2D eigenvalue weighted by Gasteiger charge is -2.25. The number of halogens is 1. The van der Waals surface area contributed by atoms with Crippen LogP contribution in [0.5, 0.6) is 11.6 Å². The molecule has 1 atom stereocenters. The van der Waals surface area contributed by atoms with Gasteiger partial charge in [-0.2, -0.15) is 5.10 Å². The summed E-state index contributed by atoms with van der Waals surface area (Å²) in [6.07, 6.45) is -0.631. The Morgan fingerprint density at radius 2 is 1.79 bits per heavy atom. The number of aliphatic hydroxyl groups excluding tert-OH is 1. The van der Waals surface area contributed by atoms with Gasteiger partial charge in [-0.3, -0.25) is 4.90 Å². The summed E-state index contributed by atoms with van der Waals surface area (Å²) in [6.45, 7) is 7.90. The fraction of sp³-hybridized carbons (Fsp3) is 0.423. The number of hydrogen-bond acceptors (Lipinski definition) is 6. The average molecular weight is 472 g/mol. The Hall–Kier alpha value is -2.78. The van der Waals surface area contributed by atoms with E-state index in [0.29, 0.717) is 32.1 Å². The number of nitrogens with zero attached hydrogens (tertiary/aromatic N) is 3. The van der Waals surface area contributed by atoms with Crippen molar-refractivity contribution in [2.24, 2.45) is 0 Å². The highest BCUT2D eigenvalue weighted by atomic mass is 19.1. The van der Waals surface area contributed by atoms with Crippen LogP contribution in [0.1, 0.15) is 25.1 Å². The van der Waals surface area contributed by atoms with Crippen molar-refractivity contribution in [3.8, 4) is 17.3 Å². The van der Waals surface area contributed by atoms with Gasteiger partial charge in [0.2, 0.25) is 5.88 Å². The van der Waals surface area contributed by atoms with Gasteiger partial charge in [0.15, 0.2) is 11.6 Å². The number of benzene rings is 2. The zero-order chi connectivity index (χ0) is 24.5. The summed E-state index contributed by atoms with van der Waals surface area (Å²) in [4.78, 5) is 2.06. The molecular formula is C26H34FN3O4. The largest absolute Gasteiger partial charge is 0.435 e. The van der Waals surface area contributed by atoms with E-state index >= 15 is 0 Å². The van der Waals surface area contributed by atoms with E-state index in [-0.39, 0.29) is 18.5 Å². The molecule has 1 aromatic heterocycles. The molecule has 8 heteroatoms. The van der Waals surface area contributed by atoms with E-state index in [2.05, 4.69) is 4.90 Å². The fourth-order valence-corrected chi connectivity index (χ4v) is 3.53. The number of aryl methyl sites for hydroxylation is 1. The van der Waals surface area contributed by atoms with Crippen LogP contribution in [0.3, 0.4) is 0 Å². The highest BCUT2D eigenvalue weighted by Crippen LogP contribution is 2.32. The molecule has 0 fully saturated rings. The molecule has 0 bridgehead atoms. The summed E-state index contributed by atoms with van der Waals surface area (Å²) < 4.78 is 33.1. The van der Waals surface area contributed by atoms with Crippen molar-refractivity contribution >= 4 is 0 Å². The average Bonchev–Trinajstić information content (AvgIpc) is 3.13. The maximum atomic E-state index is 14.5. The van der Waals surface area contributed by atoms with E-state index in [4.69, 9.17) is 19.3 Å². The molecule has 0 spiro atoms. The number of aliphatic hydroxyl groups is 1. The fourth-order valence-electron chi connectivity index (χ4n) is 3.53. The van der Waals surface area contributed by atoms with E-state index in [0.717, 1.165) is 16.9 Å². The van der Waals surface area contributed by atoms with Crippen LogP contribution < -0.4 is 4.74 Å². The molecule has 34 heavy (non-hydrogen) atoms. The smallest absolute Gasteiger partial charge is 0.227 e. The Balaban J connectivity index is 1.94. The molecule has 0 saturated carbocycles. The zero-order valence-electron chi connectivity index (χ0n) is 20.3. The van der Waals surface area contributed by atoms with Crippen LogP contribution in [0, 0.1) is 12.7 Å². The SMILES string of the molecule is COCCN(Cc1c(C)nn(-c2ccccc2)c1Oc1ccccc1F)CC(O)COC(C)C. The van der Waals surface area contributed by atoms with Crippen molar-refractivity contribution < 1.29 is 23.7 Å². The van der Waals surface area contributed by atoms with Gasteiger partial charge >= 0.3 is 0 Å². The molecule has 3 aromatic rings. The van der Waals surface area contributed by atoms with E-state index in [1.807, 2.05) is 51.1 Å². The van der Waals surface area contributed by atoms with Crippen LogP contribution in [0.15, 0.2) is 54.6 Å². The number of rotatable bonds is 13. The van der Waals surface area contributed by atoms with E-state index in [9.17, 15) is 9.50 Å². The summed E-state index contributed by atoms with van der Waals surface area (Å²) in [5.41, 5.74) is 2.36. The quantitative estimate of drug-likeness (QED) is 0.400. The van der Waals surface area contributed by atoms with Crippen LogP contribution in [0.4, 0.5) is 4.39 Å². The lowest BCUT2D eigenvalue weighted by molar-refractivity contribution is -0.0122. The molecule has 0 aliphatic rings. The minimum Gasteiger partial charge on any atom is -0.435 e. The Labute approximate surface area is 200 Å². The molecule has 184 valence electrons. The number of aromatic nitrogens is 2. The third kappa shape index (κ3) is 7.11. The van der Waals surface area contributed by atoms with Gasteiger partial charge < -0.3 is 19.3 Å². The second kappa shape index (κ2) is 12.6. The molecule has 7 nitrogen and oxygen atoms in total. The Kier molecular flexibility index (Phi) is 9.59. The summed E-state index contributed by atoms with van der Waals surface area (Å²) in [6, 6.07) is 15.9. The molecule has 1 unspecified atom stereocenters. The predicted molar refractivity (Wildman–Crippen MR) is 129 cm³/mol. The third-order valence-electron chi connectivity index (χ3n) is 5.27. The monoisotopic (exact) mass is 471 g/mol. The minimum absolute atomic E-state index is 0.0363. The van der Waals surface area contributed by atoms with Gasteiger partial charge in [-0.15, -0.1) is 0 Å². The first-order chi connectivity index (χ1) is 16.4. The van der Waals surface area contributed by atoms with Crippen LogP contribution in [-0.4, -0.2) is 65.4 Å². The van der Waals surface area contributed by atoms with Crippen molar-refractivity contribution in [1.82, 2.24) is 14.7 Å². The number of methoxy groups -OCH3 is 1. The van der Waals surface area contributed by atoms with Gasteiger partial charge in [0, 0.05) is 26.7 Å². The Bertz CT molecular complexity index is 1030. The summed E-state index contributed by atoms with van der Waals surface area (Å²) in [7, 11) is 1.64. The van der Waals surface area contributed by atoms with Crippen molar-refractivity contribution in [2.75, 3.05) is 33.4 Å². The topological polar surface area (TPSA) is 69.0 Å². The van der Waals surface area contributed by atoms with Gasteiger partial charge in [0.05, 0.1) is 42.4 Å². The van der Waals surface area contributed by atoms with E-state index in [1.165, 1.54) is 6.07 Å². The zero-order valence-corrected chi connectivity index (χ0v) is 20.3. The second-order valence-electron chi connectivity index (χ2n) is 8.41. The van der Waals surface area contributed by atoms with Gasteiger partial charge in [-0.25, -0.2) is 9.07 Å². The predicted octanol–water partition coefficient (Wildman–Crippen LogP) is 4.35. The summed E-state index contributed by atoms with van der Waals surface area (Å²) in [5.74, 6) is 0.100. The van der Waals surface area contributed by atoms with Gasteiger partial charge in [-0.1, -0.05) is 30.3 Å². The maximum Gasteiger partial charge on any atom is 0.227 e. The molecule has 1 N–H and O–H groups in total. The van der Waals surface area contributed by atoms with Crippen molar-refractivity contribution in [3.05, 3.63) is 71.7 Å². The van der Waals surface area contributed by atoms with Crippen LogP contribution in [-0.2, 0) is 16.0 Å². The number of ether oxygens (including phenoxy) is 3. The molecule has 2 aromatic carbocycles. The van der Waals surface area contributed by atoms with Crippen molar-refractivity contribution in [2.45, 2.75) is 39.5 Å². The highest BCUT2D eigenvalue weighted by molar-refractivity contribution is 5.43. The Morgan fingerprint density at radius 1 is 1.09 bits per heavy atom. The van der Waals surface area contributed by atoms with Gasteiger partial charge in [0.25, 0.3) is 0 Å². The lowest BCUT2D eigenvalue weighted by Crippen LogP contribution is -2.37. The molecule has 0 aliphatic heterocycles. The molecule has 0 aliphatic carbocycles. The number of hydrogen-bond donors (Lipinski definition) is 1. The molecule has 0 radical (unpaired) electrons. The summed E-state index contributed by atoms with van der Waals surface area (Å²) >= 11 is 0. The van der Waals surface area contributed by atoms with Crippen LogP contribution in [0.2, 0.25) is 0 Å². The maximum absolute atomic E-state index is 14.5.